The fourth-order valence-electron chi connectivity index (χ4n) is 2.38. The summed E-state index contributed by atoms with van der Waals surface area (Å²) in [5, 5.41) is 10.1. The van der Waals surface area contributed by atoms with E-state index in [1.807, 2.05) is 18.2 Å². The predicted octanol–water partition coefficient (Wildman–Crippen LogP) is 3.79. The van der Waals surface area contributed by atoms with Crippen molar-refractivity contribution in [1.29, 1.82) is 0 Å². The van der Waals surface area contributed by atoms with Crippen LogP contribution < -0.4 is 4.74 Å². The molecule has 0 fully saturated rings. The molecule has 1 aliphatic heterocycles. The molecule has 0 saturated carbocycles. The number of fused-ring (bicyclic) bond motifs is 1. The zero-order valence-corrected chi connectivity index (χ0v) is 10.9. The molecule has 2 rings (SSSR count). The standard InChI is InChI=1S/C16H22O2/c1-2-3-4-5-6-7-15(17)13-8-9-16-14(12-13)10-11-18-16/h2,8-9,12,15,17H,1,3-7,10-11H2. The second-order valence-corrected chi connectivity index (χ2v) is 4.91. The second-order valence-electron chi connectivity index (χ2n) is 4.91. The Morgan fingerprint density at radius 3 is 3.06 bits per heavy atom. The molecule has 0 aromatic heterocycles. The van der Waals surface area contributed by atoms with E-state index in [1.54, 1.807) is 0 Å². The van der Waals surface area contributed by atoms with E-state index in [-0.39, 0.29) is 6.10 Å². The quantitative estimate of drug-likeness (QED) is 0.586. The summed E-state index contributed by atoms with van der Waals surface area (Å²) in [5.74, 6) is 0.983. The molecule has 0 amide bonds. The number of aliphatic hydroxyl groups excluding tert-OH is 1. The number of allylic oxidation sites excluding steroid dienone is 1. The van der Waals surface area contributed by atoms with Crippen molar-refractivity contribution in [2.75, 3.05) is 6.61 Å². The summed E-state index contributed by atoms with van der Waals surface area (Å²) in [7, 11) is 0. The third-order valence-electron chi connectivity index (χ3n) is 3.48. The van der Waals surface area contributed by atoms with Crippen LogP contribution in [0.1, 0.15) is 49.3 Å². The summed E-state index contributed by atoms with van der Waals surface area (Å²) >= 11 is 0. The lowest BCUT2D eigenvalue weighted by Gasteiger charge is -2.12. The summed E-state index contributed by atoms with van der Waals surface area (Å²) in [4.78, 5) is 0. The summed E-state index contributed by atoms with van der Waals surface area (Å²) in [6, 6.07) is 6.06. The van der Waals surface area contributed by atoms with Crippen molar-refractivity contribution in [3.63, 3.8) is 0 Å². The Kier molecular flexibility index (Phi) is 4.82. The highest BCUT2D eigenvalue weighted by Gasteiger charge is 2.15. The van der Waals surface area contributed by atoms with Crippen LogP contribution in [-0.4, -0.2) is 11.7 Å². The van der Waals surface area contributed by atoms with Gasteiger partial charge in [-0.3, -0.25) is 0 Å². The fraction of sp³-hybridized carbons (Fsp3) is 0.500. The van der Waals surface area contributed by atoms with Crippen LogP contribution >= 0.6 is 0 Å². The van der Waals surface area contributed by atoms with E-state index in [4.69, 9.17) is 4.74 Å². The predicted molar refractivity (Wildman–Crippen MR) is 73.9 cm³/mol. The monoisotopic (exact) mass is 246 g/mol. The van der Waals surface area contributed by atoms with E-state index in [1.165, 1.54) is 12.0 Å². The Bertz CT molecular complexity index is 398. The summed E-state index contributed by atoms with van der Waals surface area (Å²) in [6.45, 7) is 4.49. The topological polar surface area (TPSA) is 29.5 Å². The first-order valence-electron chi connectivity index (χ1n) is 6.86. The third kappa shape index (κ3) is 3.36. The lowest BCUT2D eigenvalue weighted by Crippen LogP contribution is -1.98. The summed E-state index contributed by atoms with van der Waals surface area (Å²) < 4.78 is 5.47. The number of hydrogen-bond acceptors (Lipinski definition) is 2. The molecule has 1 aromatic rings. The van der Waals surface area contributed by atoms with Gasteiger partial charge in [0.15, 0.2) is 0 Å². The van der Waals surface area contributed by atoms with Gasteiger partial charge in [0.25, 0.3) is 0 Å². The molecule has 0 saturated heterocycles. The van der Waals surface area contributed by atoms with Crippen molar-refractivity contribution < 1.29 is 9.84 Å². The smallest absolute Gasteiger partial charge is 0.122 e. The van der Waals surface area contributed by atoms with Crippen LogP contribution in [0.2, 0.25) is 0 Å². The Balaban J connectivity index is 1.81. The first-order valence-corrected chi connectivity index (χ1v) is 6.86. The van der Waals surface area contributed by atoms with E-state index < -0.39 is 0 Å². The maximum Gasteiger partial charge on any atom is 0.122 e. The van der Waals surface area contributed by atoms with Crippen molar-refractivity contribution >= 4 is 0 Å². The number of unbranched alkanes of at least 4 members (excludes halogenated alkanes) is 3. The Labute approximate surface area is 109 Å². The highest BCUT2D eigenvalue weighted by molar-refractivity contribution is 5.40. The van der Waals surface area contributed by atoms with Gasteiger partial charge in [-0.25, -0.2) is 0 Å². The normalized spacial score (nSPS) is 14.9. The van der Waals surface area contributed by atoms with Gasteiger partial charge in [0.05, 0.1) is 12.7 Å². The molecule has 1 N–H and O–H groups in total. The molecule has 1 aliphatic rings. The zero-order valence-electron chi connectivity index (χ0n) is 10.9. The van der Waals surface area contributed by atoms with Crippen molar-refractivity contribution in [1.82, 2.24) is 0 Å². The molecule has 0 aliphatic carbocycles. The molecule has 0 spiro atoms. The highest BCUT2D eigenvalue weighted by atomic mass is 16.5. The van der Waals surface area contributed by atoms with Gasteiger partial charge in [0.2, 0.25) is 0 Å². The molecule has 0 radical (unpaired) electrons. The molecule has 0 bridgehead atoms. The molecule has 98 valence electrons. The van der Waals surface area contributed by atoms with Crippen LogP contribution in [0.5, 0.6) is 5.75 Å². The molecule has 2 nitrogen and oxygen atoms in total. The van der Waals surface area contributed by atoms with Gasteiger partial charge >= 0.3 is 0 Å². The largest absolute Gasteiger partial charge is 0.493 e. The minimum absolute atomic E-state index is 0.334. The van der Waals surface area contributed by atoms with Crippen LogP contribution in [0.15, 0.2) is 30.9 Å². The van der Waals surface area contributed by atoms with Crippen molar-refractivity contribution in [3.8, 4) is 5.75 Å². The summed E-state index contributed by atoms with van der Waals surface area (Å²) in [5.41, 5.74) is 2.26. The van der Waals surface area contributed by atoms with Crippen LogP contribution in [0, 0.1) is 0 Å². The molecular weight excluding hydrogens is 224 g/mol. The molecule has 2 heteroatoms. The van der Waals surface area contributed by atoms with Crippen LogP contribution in [0.3, 0.4) is 0 Å². The van der Waals surface area contributed by atoms with E-state index in [2.05, 4.69) is 12.6 Å². The SMILES string of the molecule is C=CCCCCCC(O)c1ccc2c(c1)CCO2. The molecule has 1 heterocycles. The lowest BCUT2D eigenvalue weighted by atomic mass is 10.00. The zero-order chi connectivity index (χ0) is 12.8. The van der Waals surface area contributed by atoms with Gasteiger partial charge in [0.1, 0.15) is 5.75 Å². The van der Waals surface area contributed by atoms with Gasteiger partial charge in [0, 0.05) is 6.42 Å². The Morgan fingerprint density at radius 2 is 2.22 bits per heavy atom. The number of hydrogen-bond donors (Lipinski definition) is 1. The van der Waals surface area contributed by atoms with E-state index in [0.717, 1.165) is 50.0 Å². The maximum atomic E-state index is 10.1. The van der Waals surface area contributed by atoms with Crippen LogP contribution in [0.25, 0.3) is 0 Å². The molecule has 1 atom stereocenters. The van der Waals surface area contributed by atoms with Crippen LogP contribution in [0.4, 0.5) is 0 Å². The lowest BCUT2D eigenvalue weighted by molar-refractivity contribution is 0.163. The Morgan fingerprint density at radius 1 is 1.33 bits per heavy atom. The number of aliphatic hydroxyl groups is 1. The van der Waals surface area contributed by atoms with Gasteiger partial charge in [-0.1, -0.05) is 25.0 Å². The number of benzene rings is 1. The number of rotatable bonds is 7. The average molecular weight is 246 g/mol. The molecule has 1 aromatic carbocycles. The van der Waals surface area contributed by atoms with Gasteiger partial charge < -0.3 is 9.84 Å². The van der Waals surface area contributed by atoms with E-state index in [0.29, 0.717) is 0 Å². The fourth-order valence-corrected chi connectivity index (χ4v) is 2.38. The van der Waals surface area contributed by atoms with Crippen LogP contribution in [-0.2, 0) is 6.42 Å². The third-order valence-corrected chi connectivity index (χ3v) is 3.48. The minimum atomic E-state index is -0.334. The molecule has 18 heavy (non-hydrogen) atoms. The van der Waals surface area contributed by atoms with E-state index >= 15 is 0 Å². The summed E-state index contributed by atoms with van der Waals surface area (Å²) in [6.07, 6.45) is 7.92. The van der Waals surface area contributed by atoms with Gasteiger partial charge in [-0.15, -0.1) is 6.58 Å². The van der Waals surface area contributed by atoms with Gasteiger partial charge in [-0.05, 0) is 42.5 Å². The van der Waals surface area contributed by atoms with Crippen molar-refractivity contribution in [2.45, 2.75) is 44.6 Å². The molecular formula is C16H22O2. The van der Waals surface area contributed by atoms with Crippen molar-refractivity contribution in [2.24, 2.45) is 0 Å². The van der Waals surface area contributed by atoms with E-state index in [9.17, 15) is 5.11 Å². The second kappa shape index (κ2) is 6.60. The Hall–Kier alpha value is -1.28. The first kappa shape index (κ1) is 13.2. The highest BCUT2D eigenvalue weighted by Crippen LogP contribution is 2.29. The maximum absolute atomic E-state index is 10.1. The average Bonchev–Trinajstić information content (AvgIpc) is 2.85. The van der Waals surface area contributed by atoms with Crippen molar-refractivity contribution in [3.05, 3.63) is 42.0 Å². The first-order chi connectivity index (χ1) is 8.81. The van der Waals surface area contributed by atoms with Gasteiger partial charge in [-0.2, -0.15) is 0 Å². The molecule has 1 unspecified atom stereocenters. The number of ether oxygens (including phenoxy) is 1. The minimum Gasteiger partial charge on any atom is -0.493 e.